The number of ether oxygens (including phenoxy) is 3. The standard InChI is InChI=1S/C20H23NO4/c1-2-23-17-8-4-3-7-15(17)11-12-20(22)21-13-16-14-24-18-9-5-6-10-19(18)25-16/h3-10,16H,2,11-14H2,1H3,(H,21,22). The molecule has 25 heavy (non-hydrogen) atoms. The highest BCUT2D eigenvalue weighted by atomic mass is 16.6. The molecule has 0 saturated carbocycles. The Labute approximate surface area is 147 Å². The van der Waals surface area contributed by atoms with Gasteiger partial charge in [0.15, 0.2) is 11.5 Å². The molecule has 1 N–H and O–H groups in total. The Morgan fingerprint density at radius 2 is 1.92 bits per heavy atom. The lowest BCUT2D eigenvalue weighted by Gasteiger charge is -2.26. The van der Waals surface area contributed by atoms with Crippen molar-refractivity contribution >= 4 is 5.91 Å². The molecule has 1 aliphatic heterocycles. The van der Waals surface area contributed by atoms with E-state index in [0.717, 1.165) is 22.8 Å². The zero-order chi connectivity index (χ0) is 17.5. The van der Waals surface area contributed by atoms with Crippen molar-refractivity contribution in [1.29, 1.82) is 0 Å². The van der Waals surface area contributed by atoms with E-state index in [-0.39, 0.29) is 12.0 Å². The minimum Gasteiger partial charge on any atom is -0.494 e. The lowest BCUT2D eigenvalue weighted by Crippen LogP contribution is -2.40. The second-order valence-electron chi connectivity index (χ2n) is 5.84. The molecule has 132 valence electrons. The Morgan fingerprint density at radius 3 is 2.76 bits per heavy atom. The van der Waals surface area contributed by atoms with E-state index in [1.807, 2.05) is 55.5 Å². The third-order valence-corrected chi connectivity index (χ3v) is 3.99. The summed E-state index contributed by atoms with van der Waals surface area (Å²) in [6.45, 7) is 3.43. The van der Waals surface area contributed by atoms with Crippen LogP contribution >= 0.6 is 0 Å². The summed E-state index contributed by atoms with van der Waals surface area (Å²) in [4.78, 5) is 12.1. The monoisotopic (exact) mass is 341 g/mol. The van der Waals surface area contributed by atoms with Crippen LogP contribution in [0.4, 0.5) is 0 Å². The molecule has 0 aromatic heterocycles. The first-order chi connectivity index (χ1) is 12.3. The first-order valence-corrected chi connectivity index (χ1v) is 8.62. The van der Waals surface area contributed by atoms with Gasteiger partial charge < -0.3 is 19.5 Å². The van der Waals surface area contributed by atoms with Crippen molar-refractivity contribution in [2.75, 3.05) is 19.8 Å². The zero-order valence-corrected chi connectivity index (χ0v) is 14.4. The third-order valence-electron chi connectivity index (χ3n) is 3.99. The first kappa shape index (κ1) is 17.1. The van der Waals surface area contributed by atoms with Gasteiger partial charge in [-0.3, -0.25) is 4.79 Å². The molecule has 5 heteroatoms. The molecule has 0 fully saturated rings. The van der Waals surface area contributed by atoms with Crippen LogP contribution in [-0.4, -0.2) is 31.8 Å². The van der Waals surface area contributed by atoms with Crippen molar-refractivity contribution in [2.45, 2.75) is 25.9 Å². The van der Waals surface area contributed by atoms with Gasteiger partial charge in [0.05, 0.1) is 13.2 Å². The summed E-state index contributed by atoms with van der Waals surface area (Å²) in [6.07, 6.45) is 0.885. The molecule has 2 aromatic rings. The van der Waals surface area contributed by atoms with Crippen molar-refractivity contribution in [3.63, 3.8) is 0 Å². The van der Waals surface area contributed by atoms with Gasteiger partial charge in [0.25, 0.3) is 0 Å². The number of carbonyl (C=O) groups is 1. The summed E-state index contributed by atoms with van der Waals surface area (Å²) in [5.74, 6) is 2.31. The number of hydrogen-bond donors (Lipinski definition) is 1. The summed E-state index contributed by atoms with van der Waals surface area (Å²) in [6, 6.07) is 15.4. The molecule has 1 atom stereocenters. The fourth-order valence-electron chi connectivity index (χ4n) is 2.73. The minimum atomic E-state index is -0.172. The topological polar surface area (TPSA) is 56.8 Å². The quantitative estimate of drug-likeness (QED) is 0.841. The Bertz CT molecular complexity index is 716. The van der Waals surface area contributed by atoms with Gasteiger partial charge in [0, 0.05) is 6.42 Å². The summed E-state index contributed by atoms with van der Waals surface area (Å²) >= 11 is 0. The summed E-state index contributed by atoms with van der Waals surface area (Å²) in [5.41, 5.74) is 1.05. The maximum atomic E-state index is 12.1. The molecule has 2 aromatic carbocycles. The van der Waals surface area contributed by atoms with Crippen molar-refractivity contribution in [3.8, 4) is 17.2 Å². The molecule has 1 unspecified atom stereocenters. The predicted octanol–water partition coefficient (Wildman–Crippen LogP) is 2.97. The normalized spacial score (nSPS) is 15.5. The van der Waals surface area contributed by atoms with Crippen molar-refractivity contribution in [1.82, 2.24) is 5.32 Å². The number of benzene rings is 2. The third kappa shape index (κ3) is 4.66. The number of nitrogens with one attached hydrogen (secondary N) is 1. The van der Waals surface area contributed by atoms with E-state index in [1.165, 1.54) is 0 Å². The maximum absolute atomic E-state index is 12.1. The average molecular weight is 341 g/mol. The lowest BCUT2D eigenvalue weighted by molar-refractivity contribution is -0.121. The Balaban J connectivity index is 1.45. The Kier molecular flexibility index (Phi) is 5.77. The number of hydrogen-bond acceptors (Lipinski definition) is 4. The first-order valence-electron chi connectivity index (χ1n) is 8.62. The maximum Gasteiger partial charge on any atom is 0.220 e. The molecule has 0 saturated heterocycles. The molecule has 0 radical (unpaired) electrons. The molecule has 0 aliphatic carbocycles. The Morgan fingerprint density at radius 1 is 1.16 bits per heavy atom. The lowest BCUT2D eigenvalue weighted by atomic mass is 10.1. The van der Waals surface area contributed by atoms with E-state index in [0.29, 0.717) is 32.6 Å². The van der Waals surface area contributed by atoms with Gasteiger partial charge in [0.1, 0.15) is 18.5 Å². The van der Waals surface area contributed by atoms with Crippen LogP contribution in [0.2, 0.25) is 0 Å². The van der Waals surface area contributed by atoms with Crippen LogP contribution in [0.15, 0.2) is 48.5 Å². The summed E-state index contributed by atoms with van der Waals surface area (Å²) < 4.78 is 17.1. The molecule has 1 amide bonds. The van der Waals surface area contributed by atoms with Crippen molar-refractivity contribution < 1.29 is 19.0 Å². The molecule has 0 spiro atoms. The van der Waals surface area contributed by atoms with Crippen molar-refractivity contribution in [2.24, 2.45) is 0 Å². The smallest absolute Gasteiger partial charge is 0.220 e. The highest BCUT2D eigenvalue weighted by molar-refractivity contribution is 5.76. The predicted molar refractivity (Wildman–Crippen MR) is 95.3 cm³/mol. The van der Waals surface area contributed by atoms with Crippen molar-refractivity contribution in [3.05, 3.63) is 54.1 Å². The summed E-state index contributed by atoms with van der Waals surface area (Å²) in [7, 11) is 0. The van der Waals surface area contributed by atoms with Crippen LogP contribution in [0.1, 0.15) is 18.9 Å². The van der Waals surface area contributed by atoms with Crippen LogP contribution in [0.3, 0.4) is 0 Å². The highest BCUT2D eigenvalue weighted by Gasteiger charge is 2.21. The molecule has 1 heterocycles. The average Bonchev–Trinajstić information content (AvgIpc) is 2.66. The minimum absolute atomic E-state index is 0.00578. The van der Waals surface area contributed by atoms with Gasteiger partial charge in [-0.05, 0) is 37.1 Å². The van der Waals surface area contributed by atoms with Crippen LogP contribution in [-0.2, 0) is 11.2 Å². The van der Waals surface area contributed by atoms with Gasteiger partial charge in [-0.1, -0.05) is 30.3 Å². The fourth-order valence-corrected chi connectivity index (χ4v) is 2.73. The van der Waals surface area contributed by atoms with E-state index in [2.05, 4.69) is 5.32 Å². The van der Waals surface area contributed by atoms with Gasteiger partial charge in [-0.2, -0.15) is 0 Å². The second kappa shape index (κ2) is 8.42. The van der Waals surface area contributed by atoms with Crippen LogP contribution in [0, 0.1) is 0 Å². The molecule has 5 nitrogen and oxygen atoms in total. The molecule has 3 rings (SSSR count). The number of aryl methyl sites for hydroxylation is 1. The second-order valence-corrected chi connectivity index (χ2v) is 5.84. The fraction of sp³-hybridized carbons (Fsp3) is 0.350. The van der Waals surface area contributed by atoms with Gasteiger partial charge in [-0.15, -0.1) is 0 Å². The van der Waals surface area contributed by atoms with Crippen LogP contribution in [0.25, 0.3) is 0 Å². The Hall–Kier alpha value is -2.69. The number of para-hydroxylation sites is 3. The van der Waals surface area contributed by atoms with E-state index in [1.54, 1.807) is 0 Å². The van der Waals surface area contributed by atoms with Gasteiger partial charge >= 0.3 is 0 Å². The zero-order valence-electron chi connectivity index (χ0n) is 14.4. The van der Waals surface area contributed by atoms with Crippen LogP contribution < -0.4 is 19.5 Å². The molecule has 1 aliphatic rings. The number of rotatable bonds is 7. The molecular weight excluding hydrogens is 318 g/mol. The van der Waals surface area contributed by atoms with E-state index >= 15 is 0 Å². The van der Waals surface area contributed by atoms with Gasteiger partial charge in [0.2, 0.25) is 5.91 Å². The van der Waals surface area contributed by atoms with E-state index < -0.39 is 0 Å². The number of carbonyl (C=O) groups excluding carboxylic acids is 1. The highest BCUT2D eigenvalue weighted by Crippen LogP contribution is 2.30. The molecule has 0 bridgehead atoms. The van der Waals surface area contributed by atoms with Gasteiger partial charge in [-0.25, -0.2) is 0 Å². The van der Waals surface area contributed by atoms with E-state index in [9.17, 15) is 4.79 Å². The largest absolute Gasteiger partial charge is 0.494 e. The SMILES string of the molecule is CCOc1ccccc1CCC(=O)NCC1COc2ccccc2O1. The number of amides is 1. The summed E-state index contributed by atoms with van der Waals surface area (Å²) in [5, 5.41) is 2.92. The van der Waals surface area contributed by atoms with Crippen LogP contribution in [0.5, 0.6) is 17.2 Å². The molecular formula is C20H23NO4. The number of fused-ring (bicyclic) bond motifs is 1. The van der Waals surface area contributed by atoms with E-state index in [4.69, 9.17) is 14.2 Å².